The zero-order valence-electron chi connectivity index (χ0n) is 17.2. The van der Waals surface area contributed by atoms with Crippen molar-refractivity contribution in [2.24, 2.45) is 0 Å². The molecule has 1 saturated heterocycles. The summed E-state index contributed by atoms with van der Waals surface area (Å²) in [6, 6.07) is 21.0. The summed E-state index contributed by atoms with van der Waals surface area (Å²) >= 11 is 19.3. The average Bonchev–Trinajstić information content (AvgIpc) is 3.03. The van der Waals surface area contributed by atoms with Crippen LogP contribution in [0.25, 0.3) is 6.08 Å². The maximum Gasteiger partial charge on any atom is 0.266 e. The van der Waals surface area contributed by atoms with Crippen LogP contribution in [0.4, 0.5) is 0 Å². The first-order chi connectivity index (χ1) is 15.4. The van der Waals surface area contributed by atoms with Crippen molar-refractivity contribution in [2.75, 3.05) is 0 Å². The number of ether oxygens (including phenoxy) is 1. The molecule has 0 atom stereocenters. The highest BCUT2D eigenvalue weighted by molar-refractivity contribution is 8.26. The van der Waals surface area contributed by atoms with Crippen LogP contribution in [-0.4, -0.2) is 15.1 Å². The fraction of sp³-hybridized carbons (Fsp3) is 0.120. The molecule has 1 fully saturated rings. The first-order valence-electron chi connectivity index (χ1n) is 9.87. The smallest absolute Gasteiger partial charge is 0.266 e. The SMILES string of the molecule is Cc1ccc(CN2C(=O)C(=Cc3ccc(OCc4ccccc4Cl)c(Cl)c3)SC2=S)cc1. The Labute approximate surface area is 207 Å². The Morgan fingerprint density at radius 1 is 1.03 bits per heavy atom. The Morgan fingerprint density at radius 2 is 1.78 bits per heavy atom. The molecule has 0 bridgehead atoms. The van der Waals surface area contributed by atoms with E-state index in [0.29, 0.717) is 38.2 Å². The Bertz CT molecular complexity index is 1210. The van der Waals surface area contributed by atoms with Crippen LogP contribution in [0, 0.1) is 6.92 Å². The number of nitrogens with zero attached hydrogens (tertiary/aromatic N) is 1. The van der Waals surface area contributed by atoms with Crippen LogP contribution in [-0.2, 0) is 17.9 Å². The quantitative estimate of drug-likeness (QED) is 0.263. The summed E-state index contributed by atoms with van der Waals surface area (Å²) in [5, 5.41) is 1.11. The van der Waals surface area contributed by atoms with Crippen molar-refractivity contribution < 1.29 is 9.53 Å². The molecule has 0 saturated carbocycles. The number of thiocarbonyl (C=S) groups is 1. The molecule has 3 nitrogen and oxygen atoms in total. The lowest BCUT2D eigenvalue weighted by molar-refractivity contribution is -0.122. The van der Waals surface area contributed by atoms with Gasteiger partial charge in [0.05, 0.1) is 16.5 Å². The molecule has 0 unspecified atom stereocenters. The second kappa shape index (κ2) is 10.1. The number of rotatable bonds is 6. The van der Waals surface area contributed by atoms with E-state index in [9.17, 15) is 4.79 Å². The van der Waals surface area contributed by atoms with Gasteiger partial charge in [0.25, 0.3) is 5.91 Å². The van der Waals surface area contributed by atoms with Crippen molar-refractivity contribution in [3.63, 3.8) is 0 Å². The van der Waals surface area contributed by atoms with Crippen LogP contribution in [0.15, 0.2) is 71.6 Å². The van der Waals surface area contributed by atoms with Crippen molar-refractivity contribution in [2.45, 2.75) is 20.1 Å². The van der Waals surface area contributed by atoms with E-state index in [1.54, 1.807) is 23.1 Å². The second-order valence-corrected chi connectivity index (χ2v) is 9.81. The number of amides is 1. The van der Waals surface area contributed by atoms with Gasteiger partial charge in [-0.1, -0.05) is 101 Å². The van der Waals surface area contributed by atoms with Gasteiger partial charge in [-0.15, -0.1) is 0 Å². The minimum Gasteiger partial charge on any atom is -0.487 e. The van der Waals surface area contributed by atoms with Gasteiger partial charge < -0.3 is 4.74 Å². The first-order valence-corrected chi connectivity index (χ1v) is 11.9. The lowest BCUT2D eigenvalue weighted by atomic mass is 10.1. The molecule has 0 N–H and O–H groups in total. The molecule has 0 spiro atoms. The molecule has 1 amide bonds. The fourth-order valence-electron chi connectivity index (χ4n) is 3.16. The van der Waals surface area contributed by atoms with Crippen molar-refractivity contribution in [1.29, 1.82) is 0 Å². The van der Waals surface area contributed by atoms with Crippen LogP contribution in [0.3, 0.4) is 0 Å². The number of hydrogen-bond acceptors (Lipinski definition) is 4. The van der Waals surface area contributed by atoms with E-state index in [0.717, 1.165) is 16.7 Å². The molecule has 7 heteroatoms. The topological polar surface area (TPSA) is 29.5 Å². The third kappa shape index (κ3) is 5.36. The van der Waals surface area contributed by atoms with Crippen LogP contribution in [0.1, 0.15) is 22.3 Å². The summed E-state index contributed by atoms with van der Waals surface area (Å²) in [4.78, 5) is 15.1. The van der Waals surface area contributed by atoms with Gasteiger partial charge >= 0.3 is 0 Å². The van der Waals surface area contributed by atoms with Crippen LogP contribution >= 0.6 is 47.2 Å². The number of carbonyl (C=O) groups is 1. The molecular formula is C25H19Cl2NO2S2. The summed E-state index contributed by atoms with van der Waals surface area (Å²) in [6.07, 6.45) is 1.80. The van der Waals surface area contributed by atoms with Gasteiger partial charge in [0.1, 0.15) is 16.7 Å². The molecule has 4 rings (SSSR count). The minimum atomic E-state index is -0.101. The number of benzene rings is 3. The zero-order valence-corrected chi connectivity index (χ0v) is 20.3. The minimum absolute atomic E-state index is 0.101. The number of halogens is 2. The summed E-state index contributed by atoms with van der Waals surface area (Å²) in [6.45, 7) is 2.80. The van der Waals surface area contributed by atoms with E-state index in [-0.39, 0.29) is 5.91 Å². The number of carbonyl (C=O) groups excluding carboxylic acids is 1. The van der Waals surface area contributed by atoms with Crippen molar-refractivity contribution in [3.8, 4) is 5.75 Å². The molecule has 3 aromatic carbocycles. The molecule has 0 aromatic heterocycles. The molecule has 1 aliphatic rings. The first kappa shape index (κ1) is 22.9. The molecule has 0 radical (unpaired) electrons. The molecule has 0 aliphatic carbocycles. The van der Waals surface area contributed by atoms with Crippen molar-refractivity contribution in [1.82, 2.24) is 4.90 Å². The molecule has 162 valence electrons. The highest BCUT2D eigenvalue weighted by atomic mass is 35.5. The largest absolute Gasteiger partial charge is 0.487 e. The van der Waals surface area contributed by atoms with E-state index in [4.69, 9.17) is 40.2 Å². The van der Waals surface area contributed by atoms with E-state index in [1.807, 2.05) is 61.5 Å². The molecule has 1 heterocycles. The highest BCUT2D eigenvalue weighted by Gasteiger charge is 2.32. The van der Waals surface area contributed by atoms with E-state index in [1.165, 1.54) is 17.3 Å². The molecule has 3 aromatic rings. The normalized spacial score (nSPS) is 15.0. The van der Waals surface area contributed by atoms with Gasteiger partial charge in [0.15, 0.2) is 0 Å². The molecule has 1 aliphatic heterocycles. The average molecular weight is 500 g/mol. The number of hydrogen-bond donors (Lipinski definition) is 0. The lowest BCUT2D eigenvalue weighted by Crippen LogP contribution is -2.27. The molecule has 32 heavy (non-hydrogen) atoms. The summed E-state index contributed by atoms with van der Waals surface area (Å²) in [5.74, 6) is 0.450. The van der Waals surface area contributed by atoms with Crippen LogP contribution < -0.4 is 4.74 Å². The zero-order chi connectivity index (χ0) is 22.7. The van der Waals surface area contributed by atoms with Crippen LogP contribution in [0.2, 0.25) is 10.0 Å². The van der Waals surface area contributed by atoms with Gasteiger partial charge in [-0.25, -0.2) is 0 Å². The number of aryl methyl sites for hydroxylation is 1. The Kier molecular flexibility index (Phi) is 7.21. The predicted molar refractivity (Wildman–Crippen MR) is 137 cm³/mol. The van der Waals surface area contributed by atoms with Gasteiger partial charge in [0.2, 0.25) is 0 Å². The Morgan fingerprint density at radius 3 is 2.50 bits per heavy atom. The van der Waals surface area contributed by atoms with Crippen molar-refractivity contribution in [3.05, 3.63) is 104 Å². The standard InChI is InChI=1S/C25H19Cl2NO2S2/c1-16-6-8-17(9-7-16)14-28-24(29)23(32-25(28)31)13-18-10-11-22(21(27)12-18)30-15-19-4-2-3-5-20(19)26/h2-13H,14-15H2,1H3. The van der Waals surface area contributed by atoms with E-state index >= 15 is 0 Å². The predicted octanol–water partition coefficient (Wildman–Crippen LogP) is 7.28. The Hall–Kier alpha value is -2.31. The van der Waals surface area contributed by atoms with Gasteiger partial charge in [-0.05, 0) is 42.3 Å². The molecular weight excluding hydrogens is 481 g/mol. The monoisotopic (exact) mass is 499 g/mol. The summed E-state index contributed by atoms with van der Waals surface area (Å²) in [5.41, 5.74) is 3.90. The summed E-state index contributed by atoms with van der Waals surface area (Å²) in [7, 11) is 0. The highest BCUT2D eigenvalue weighted by Crippen LogP contribution is 2.35. The Balaban J connectivity index is 1.45. The lowest BCUT2D eigenvalue weighted by Gasteiger charge is -2.14. The third-order valence-electron chi connectivity index (χ3n) is 4.93. The fourth-order valence-corrected chi connectivity index (χ4v) is 4.85. The van der Waals surface area contributed by atoms with Crippen molar-refractivity contribution >= 4 is 63.5 Å². The van der Waals surface area contributed by atoms with E-state index < -0.39 is 0 Å². The second-order valence-electron chi connectivity index (χ2n) is 7.32. The van der Waals surface area contributed by atoms with E-state index in [2.05, 4.69) is 0 Å². The van der Waals surface area contributed by atoms with Gasteiger partial charge in [0, 0.05) is 10.6 Å². The maximum atomic E-state index is 12.9. The summed E-state index contributed by atoms with van der Waals surface area (Å²) < 4.78 is 6.37. The van der Waals surface area contributed by atoms with Gasteiger partial charge in [-0.2, -0.15) is 0 Å². The van der Waals surface area contributed by atoms with Gasteiger partial charge in [-0.3, -0.25) is 9.69 Å². The van der Waals surface area contributed by atoms with Crippen LogP contribution in [0.5, 0.6) is 5.75 Å². The number of thioether (sulfide) groups is 1. The maximum absolute atomic E-state index is 12.9. The third-order valence-corrected chi connectivity index (χ3v) is 6.97.